The Kier molecular flexibility index (Phi) is 2.60. The minimum Gasteiger partial charge on any atom is -0.338 e. The van der Waals surface area contributed by atoms with Gasteiger partial charge in [-0.1, -0.05) is 11.3 Å². The first-order valence-corrected chi connectivity index (χ1v) is 6.37. The van der Waals surface area contributed by atoms with E-state index in [1.54, 1.807) is 6.20 Å². The smallest absolute Gasteiger partial charge is 0.321 e. The van der Waals surface area contributed by atoms with Crippen molar-refractivity contribution in [2.45, 2.75) is 6.92 Å². The van der Waals surface area contributed by atoms with E-state index in [1.165, 1.54) is 11.3 Å². The summed E-state index contributed by atoms with van der Waals surface area (Å²) in [6.45, 7) is 2.45. The van der Waals surface area contributed by atoms with Gasteiger partial charge in [0.2, 0.25) is 0 Å². The van der Waals surface area contributed by atoms with Gasteiger partial charge in [-0.25, -0.2) is 9.78 Å². The van der Waals surface area contributed by atoms with Crippen LogP contribution in [0, 0.1) is 0 Å². The van der Waals surface area contributed by atoms with Gasteiger partial charge in [0.05, 0.1) is 21.9 Å². The Balaban J connectivity index is 2.02. The minimum absolute atomic E-state index is 0.239. The second kappa shape index (κ2) is 4.26. The second-order valence-electron chi connectivity index (χ2n) is 3.75. The van der Waals surface area contributed by atoms with Gasteiger partial charge in [0.15, 0.2) is 5.13 Å². The third kappa shape index (κ3) is 1.78. The average molecular weight is 261 g/mol. The predicted molar refractivity (Wildman–Crippen MR) is 72.0 cm³/mol. The number of anilines is 1. The number of amides is 2. The molecule has 7 heteroatoms. The van der Waals surface area contributed by atoms with Gasteiger partial charge >= 0.3 is 6.03 Å². The zero-order valence-electron chi connectivity index (χ0n) is 9.65. The maximum absolute atomic E-state index is 11.4. The molecule has 0 saturated heterocycles. The van der Waals surface area contributed by atoms with Crippen molar-refractivity contribution in [2.24, 2.45) is 0 Å². The molecular weight excluding hydrogens is 250 g/mol. The van der Waals surface area contributed by atoms with Crippen LogP contribution in [-0.4, -0.2) is 27.8 Å². The number of aromatic amines is 1. The van der Waals surface area contributed by atoms with Gasteiger partial charge in [0.25, 0.3) is 0 Å². The SMILES string of the molecule is CCNC(=O)Nc1nc2ccc3cn[nH]c3c2s1. The molecule has 0 unspecified atom stereocenters. The molecule has 0 radical (unpaired) electrons. The summed E-state index contributed by atoms with van der Waals surface area (Å²) in [5.74, 6) is 0. The highest BCUT2D eigenvalue weighted by Gasteiger charge is 2.10. The molecule has 0 bridgehead atoms. The fraction of sp³-hybridized carbons (Fsp3) is 0.182. The first-order valence-electron chi connectivity index (χ1n) is 5.55. The van der Waals surface area contributed by atoms with Crippen LogP contribution < -0.4 is 10.6 Å². The van der Waals surface area contributed by atoms with E-state index in [9.17, 15) is 4.79 Å². The Bertz CT molecular complexity index is 716. The zero-order valence-corrected chi connectivity index (χ0v) is 10.5. The molecule has 6 nitrogen and oxygen atoms in total. The number of nitrogens with one attached hydrogen (secondary N) is 3. The van der Waals surface area contributed by atoms with E-state index in [-0.39, 0.29) is 6.03 Å². The standard InChI is InChI=1S/C11H11N5OS/c1-2-12-10(17)15-11-14-7-4-3-6-5-13-16-8(6)9(7)18-11/h3-5H,2H2,1H3,(H,13,16)(H2,12,14,15,17). The molecular formula is C11H11N5OS. The van der Waals surface area contributed by atoms with E-state index in [4.69, 9.17) is 0 Å². The van der Waals surface area contributed by atoms with Crippen molar-refractivity contribution in [3.8, 4) is 0 Å². The van der Waals surface area contributed by atoms with E-state index < -0.39 is 0 Å². The molecule has 18 heavy (non-hydrogen) atoms. The van der Waals surface area contributed by atoms with Crippen molar-refractivity contribution >= 4 is 43.6 Å². The van der Waals surface area contributed by atoms with Crippen LogP contribution in [-0.2, 0) is 0 Å². The van der Waals surface area contributed by atoms with Crippen LogP contribution in [0.2, 0.25) is 0 Å². The van der Waals surface area contributed by atoms with Crippen molar-refractivity contribution in [2.75, 3.05) is 11.9 Å². The highest BCUT2D eigenvalue weighted by atomic mass is 32.1. The maximum atomic E-state index is 11.4. The largest absolute Gasteiger partial charge is 0.338 e. The van der Waals surface area contributed by atoms with Crippen molar-refractivity contribution in [3.63, 3.8) is 0 Å². The number of fused-ring (bicyclic) bond motifs is 3. The molecule has 0 saturated carbocycles. The number of carbonyl (C=O) groups is 1. The number of hydrogen-bond donors (Lipinski definition) is 3. The molecule has 2 aromatic heterocycles. The van der Waals surface area contributed by atoms with Gasteiger partial charge < -0.3 is 5.32 Å². The van der Waals surface area contributed by atoms with Crippen molar-refractivity contribution in [3.05, 3.63) is 18.3 Å². The molecule has 2 amide bonds. The first kappa shape index (κ1) is 11.0. The van der Waals surface area contributed by atoms with Crippen molar-refractivity contribution < 1.29 is 4.79 Å². The lowest BCUT2D eigenvalue weighted by atomic mass is 10.2. The third-order valence-electron chi connectivity index (χ3n) is 2.53. The Morgan fingerprint density at radius 2 is 2.39 bits per heavy atom. The maximum Gasteiger partial charge on any atom is 0.321 e. The Morgan fingerprint density at radius 1 is 1.50 bits per heavy atom. The number of carbonyl (C=O) groups excluding carboxylic acids is 1. The molecule has 0 aliphatic heterocycles. The van der Waals surface area contributed by atoms with E-state index >= 15 is 0 Å². The Hall–Kier alpha value is -2.15. The highest BCUT2D eigenvalue weighted by Crippen LogP contribution is 2.31. The molecule has 2 heterocycles. The van der Waals surface area contributed by atoms with Crippen LogP contribution in [0.25, 0.3) is 21.1 Å². The molecule has 0 spiro atoms. The number of urea groups is 1. The predicted octanol–water partition coefficient (Wildman–Crippen LogP) is 2.31. The van der Waals surface area contributed by atoms with Gasteiger partial charge in [-0.15, -0.1) is 0 Å². The Labute approximate surface area is 106 Å². The number of hydrogen-bond acceptors (Lipinski definition) is 4. The lowest BCUT2D eigenvalue weighted by molar-refractivity contribution is 0.252. The fourth-order valence-electron chi connectivity index (χ4n) is 1.75. The summed E-state index contributed by atoms with van der Waals surface area (Å²) >= 11 is 1.43. The molecule has 1 aromatic carbocycles. The van der Waals surface area contributed by atoms with Crippen molar-refractivity contribution in [1.82, 2.24) is 20.5 Å². The average Bonchev–Trinajstić information content (AvgIpc) is 2.92. The van der Waals surface area contributed by atoms with Gasteiger partial charge in [-0.05, 0) is 19.1 Å². The summed E-state index contributed by atoms with van der Waals surface area (Å²) in [6, 6.07) is 3.64. The number of H-pyrrole nitrogens is 1. The topological polar surface area (TPSA) is 82.7 Å². The highest BCUT2D eigenvalue weighted by molar-refractivity contribution is 7.23. The van der Waals surface area contributed by atoms with Crippen LogP contribution in [0.1, 0.15) is 6.92 Å². The van der Waals surface area contributed by atoms with Crippen LogP contribution in [0.3, 0.4) is 0 Å². The molecule has 3 rings (SSSR count). The minimum atomic E-state index is -0.239. The van der Waals surface area contributed by atoms with Gasteiger partial charge in [0.1, 0.15) is 0 Å². The van der Waals surface area contributed by atoms with E-state index in [2.05, 4.69) is 25.8 Å². The van der Waals surface area contributed by atoms with Crippen LogP contribution in [0.5, 0.6) is 0 Å². The molecule has 3 N–H and O–H groups in total. The molecule has 0 atom stereocenters. The van der Waals surface area contributed by atoms with Crippen LogP contribution >= 0.6 is 11.3 Å². The lowest BCUT2D eigenvalue weighted by Gasteiger charge is -2.00. The van der Waals surface area contributed by atoms with E-state index in [0.717, 1.165) is 21.1 Å². The van der Waals surface area contributed by atoms with Gasteiger partial charge in [-0.2, -0.15) is 5.10 Å². The lowest BCUT2D eigenvalue weighted by Crippen LogP contribution is -2.28. The number of benzene rings is 1. The Morgan fingerprint density at radius 3 is 3.22 bits per heavy atom. The summed E-state index contributed by atoms with van der Waals surface area (Å²) in [5.41, 5.74) is 1.80. The van der Waals surface area contributed by atoms with E-state index in [0.29, 0.717) is 11.7 Å². The van der Waals surface area contributed by atoms with Crippen LogP contribution in [0.4, 0.5) is 9.93 Å². The van der Waals surface area contributed by atoms with Gasteiger partial charge in [-0.3, -0.25) is 10.4 Å². The monoisotopic (exact) mass is 261 g/mol. The molecule has 92 valence electrons. The molecule has 0 aliphatic rings. The first-order chi connectivity index (χ1) is 8.78. The molecule has 3 aromatic rings. The normalized spacial score (nSPS) is 10.9. The quantitative estimate of drug-likeness (QED) is 0.662. The van der Waals surface area contributed by atoms with Crippen LogP contribution in [0.15, 0.2) is 18.3 Å². The summed E-state index contributed by atoms with van der Waals surface area (Å²) in [7, 11) is 0. The summed E-state index contributed by atoms with van der Waals surface area (Å²) in [5, 5.41) is 14.0. The molecule has 0 aliphatic carbocycles. The molecule has 0 fully saturated rings. The zero-order chi connectivity index (χ0) is 12.5. The van der Waals surface area contributed by atoms with E-state index in [1.807, 2.05) is 19.1 Å². The number of rotatable bonds is 2. The van der Waals surface area contributed by atoms with Crippen molar-refractivity contribution in [1.29, 1.82) is 0 Å². The summed E-state index contributed by atoms with van der Waals surface area (Å²) in [6.07, 6.45) is 1.77. The number of nitrogens with zero attached hydrogens (tertiary/aromatic N) is 2. The number of thiazole rings is 1. The number of aromatic nitrogens is 3. The second-order valence-corrected chi connectivity index (χ2v) is 4.75. The summed E-state index contributed by atoms with van der Waals surface area (Å²) < 4.78 is 0.997. The van der Waals surface area contributed by atoms with Gasteiger partial charge in [0, 0.05) is 11.9 Å². The fourth-order valence-corrected chi connectivity index (χ4v) is 2.72. The summed E-state index contributed by atoms with van der Waals surface area (Å²) in [4.78, 5) is 15.8. The third-order valence-corrected chi connectivity index (χ3v) is 3.53.